The van der Waals surface area contributed by atoms with E-state index in [9.17, 15) is 4.79 Å². The fraction of sp³-hybridized carbons (Fsp3) is 0.762. The van der Waals surface area contributed by atoms with Crippen molar-refractivity contribution in [1.29, 1.82) is 0 Å². The lowest BCUT2D eigenvalue weighted by Gasteiger charge is -2.43. The number of hydrogen-bond acceptors (Lipinski definition) is 5. The summed E-state index contributed by atoms with van der Waals surface area (Å²) in [5.41, 5.74) is 0. The molecule has 150 valence electrons. The van der Waals surface area contributed by atoms with Gasteiger partial charge in [-0.3, -0.25) is 14.6 Å². The first kappa shape index (κ1) is 19.0. The summed E-state index contributed by atoms with van der Waals surface area (Å²) in [4.78, 5) is 20.0. The van der Waals surface area contributed by atoms with E-state index >= 15 is 0 Å². The number of rotatable bonds is 4. The SMILES string of the molecule is Cc1ccc(CN2CCC(N3CCCC(C(=O)N4CCOCC4)C3)CC2)o1. The zero-order valence-electron chi connectivity index (χ0n) is 16.6. The van der Waals surface area contributed by atoms with Crippen LogP contribution in [0.4, 0.5) is 0 Å². The van der Waals surface area contributed by atoms with Crippen LogP contribution in [-0.4, -0.2) is 79.1 Å². The highest BCUT2D eigenvalue weighted by Crippen LogP contribution is 2.26. The van der Waals surface area contributed by atoms with Crippen LogP contribution in [0.1, 0.15) is 37.2 Å². The van der Waals surface area contributed by atoms with Gasteiger partial charge in [-0.25, -0.2) is 0 Å². The van der Waals surface area contributed by atoms with Gasteiger partial charge >= 0.3 is 0 Å². The Bertz CT molecular complexity index is 618. The Morgan fingerprint density at radius 2 is 1.85 bits per heavy atom. The Morgan fingerprint density at radius 1 is 1.07 bits per heavy atom. The van der Waals surface area contributed by atoms with Crippen molar-refractivity contribution in [2.24, 2.45) is 5.92 Å². The number of ether oxygens (including phenoxy) is 1. The van der Waals surface area contributed by atoms with Gasteiger partial charge in [0.1, 0.15) is 11.5 Å². The molecule has 0 N–H and O–H groups in total. The molecule has 1 aromatic rings. The van der Waals surface area contributed by atoms with Gasteiger partial charge in [-0.15, -0.1) is 0 Å². The fourth-order valence-electron chi connectivity index (χ4n) is 4.81. The molecular weight excluding hydrogens is 342 g/mol. The van der Waals surface area contributed by atoms with E-state index in [0.29, 0.717) is 25.2 Å². The maximum absolute atomic E-state index is 12.9. The van der Waals surface area contributed by atoms with Gasteiger partial charge in [0.05, 0.1) is 25.7 Å². The molecule has 0 aromatic carbocycles. The molecule has 3 fully saturated rings. The Morgan fingerprint density at radius 3 is 2.56 bits per heavy atom. The van der Waals surface area contributed by atoms with E-state index in [-0.39, 0.29) is 5.92 Å². The van der Waals surface area contributed by atoms with Crippen molar-refractivity contribution < 1.29 is 13.9 Å². The summed E-state index contributed by atoms with van der Waals surface area (Å²) in [6, 6.07) is 4.76. The van der Waals surface area contributed by atoms with E-state index < -0.39 is 0 Å². The largest absolute Gasteiger partial charge is 0.465 e. The van der Waals surface area contributed by atoms with E-state index in [1.807, 2.05) is 17.9 Å². The molecule has 0 saturated carbocycles. The van der Waals surface area contributed by atoms with E-state index in [2.05, 4.69) is 15.9 Å². The average molecular weight is 376 g/mol. The monoisotopic (exact) mass is 375 g/mol. The minimum Gasteiger partial charge on any atom is -0.465 e. The lowest BCUT2D eigenvalue weighted by molar-refractivity contribution is -0.142. The third-order valence-electron chi connectivity index (χ3n) is 6.37. The lowest BCUT2D eigenvalue weighted by Crippen LogP contribution is -2.52. The predicted molar refractivity (Wildman–Crippen MR) is 103 cm³/mol. The summed E-state index contributed by atoms with van der Waals surface area (Å²) in [5, 5.41) is 0. The number of likely N-dealkylation sites (tertiary alicyclic amines) is 2. The first-order chi connectivity index (χ1) is 13.2. The molecule has 4 rings (SSSR count). The second-order valence-electron chi connectivity index (χ2n) is 8.29. The van der Waals surface area contributed by atoms with Gasteiger partial charge in [-0.1, -0.05) is 0 Å². The molecular formula is C21H33N3O3. The second kappa shape index (κ2) is 8.76. The van der Waals surface area contributed by atoms with Crippen LogP contribution >= 0.6 is 0 Å². The molecule has 0 radical (unpaired) electrons. The van der Waals surface area contributed by atoms with E-state index in [1.165, 1.54) is 12.8 Å². The molecule has 27 heavy (non-hydrogen) atoms. The van der Waals surface area contributed by atoms with Gasteiger partial charge in [0.25, 0.3) is 0 Å². The maximum atomic E-state index is 12.9. The minimum atomic E-state index is 0.181. The van der Waals surface area contributed by atoms with Crippen molar-refractivity contribution in [1.82, 2.24) is 14.7 Å². The molecule has 6 heteroatoms. The molecule has 0 aliphatic carbocycles. The van der Waals surface area contributed by atoms with E-state index in [4.69, 9.17) is 9.15 Å². The predicted octanol–water partition coefficient (Wildman–Crippen LogP) is 2.12. The van der Waals surface area contributed by atoms with Crippen molar-refractivity contribution in [3.05, 3.63) is 23.7 Å². The molecule has 1 unspecified atom stereocenters. The summed E-state index contributed by atoms with van der Waals surface area (Å²) in [5.74, 6) is 2.60. The Balaban J connectivity index is 1.26. The standard InChI is InChI=1S/C21H33N3O3/c1-17-4-5-20(27-17)16-22-9-6-19(7-10-22)24-8-2-3-18(15-24)21(25)23-11-13-26-14-12-23/h4-5,18-19H,2-3,6-16H2,1H3. The number of amides is 1. The molecule has 4 heterocycles. The highest BCUT2D eigenvalue weighted by atomic mass is 16.5. The third kappa shape index (κ3) is 4.73. The van der Waals surface area contributed by atoms with Gasteiger partial charge < -0.3 is 14.1 Å². The number of nitrogens with zero attached hydrogens (tertiary/aromatic N) is 3. The summed E-state index contributed by atoms with van der Waals surface area (Å²) in [6.45, 7) is 10.1. The van der Waals surface area contributed by atoms with Crippen molar-refractivity contribution >= 4 is 5.91 Å². The molecule has 1 amide bonds. The van der Waals surface area contributed by atoms with E-state index in [0.717, 1.165) is 70.2 Å². The van der Waals surface area contributed by atoms with Gasteiger partial charge in [0.15, 0.2) is 0 Å². The molecule has 0 spiro atoms. The molecule has 3 aliphatic heterocycles. The van der Waals surface area contributed by atoms with E-state index in [1.54, 1.807) is 0 Å². The number of hydrogen-bond donors (Lipinski definition) is 0. The minimum absolute atomic E-state index is 0.181. The first-order valence-electron chi connectivity index (χ1n) is 10.6. The number of morpholine rings is 1. The maximum Gasteiger partial charge on any atom is 0.227 e. The Hall–Kier alpha value is -1.37. The molecule has 3 aliphatic rings. The van der Waals surface area contributed by atoms with Crippen LogP contribution in [0.2, 0.25) is 0 Å². The van der Waals surface area contributed by atoms with Crippen molar-refractivity contribution in [2.75, 3.05) is 52.5 Å². The number of furan rings is 1. The average Bonchev–Trinajstić information content (AvgIpc) is 3.13. The summed E-state index contributed by atoms with van der Waals surface area (Å²) < 4.78 is 11.1. The smallest absolute Gasteiger partial charge is 0.227 e. The van der Waals surface area contributed by atoms with Crippen molar-refractivity contribution in [3.63, 3.8) is 0 Å². The molecule has 1 aromatic heterocycles. The fourth-order valence-corrected chi connectivity index (χ4v) is 4.81. The number of carbonyl (C=O) groups excluding carboxylic acids is 1. The molecule has 3 saturated heterocycles. The van der Waals surface area contributed by atoms with Crippen molar-refractivity contribution in [2.45, 2.75) is 45.2 Å². The molecule has 1 atom stereocenters. The quantitative estimate of drug-likeness (QED) is 0.807. The molecule has 0 bridgehead atoms. The van der Waals surface area contributed by atoms with Gasteiger partial charge in [-0.05, 0) is 51.3 Å². The second-order valence-corrected chi connectivity index (χ2v) is 8.29. The zero-order chi connectivity index (χ0) is 18.6. The Kier molecular flexibility index (Phi) is 6.15. The van der Waals surface area contributed by atoms with Crippen LogP contribution in [0.5, 0.6) is 0 Å². The number of piperidine rings is 2. The van der Waals surface area contributed by atoms with Crippen LogP contribution in [0.15, 0.2) is 16.5 Å². The van der Waals surface area contributed by atoms with Crippen LogP contribution in [-0.2, 0) is 16.1 Å². The van der Waals surface area contributed by atoms with Gasteiger partial charge in [0.2, 0.25) is 5.91 Å². The summed E-state index contributed by atoms with van der Waals surface area (Å²) in [7, 11) is 0. The van der Waals surface area contributed by atoms with Gasteiger partial charge in [0, 0.05) is 38.8 Å². The number of carbonyl (C=O) groups is 1. The third-order valence-corrected chi connectivity index (χ3v) is 6.37. The Labute approximate surface area is 162 Å². The van der Waals surface area contributed by atoms with Crippen LogP contribution in [0.25, 0.3) is 0 Å². The van der Waals surface area contributed by atoms with Crippen molar-refractivity contribution in [3.8, 4) is 0 Å². The summed E-state index contributed by atoms with van der Waals surface area (Å²) in [6.07, 6.45) is 4.58. The van der Waals surface area contributed by atoms with Gasteiger partial charge in [-0.2, -0.15) is 0 Å². The normalized spacial score (nSPS) is 26.4. The zero-order valence-corrected chi connectivity index (χ0v) is 16.6. The highest BCUT2D eigenvalue weighted by Gasteiger charge is 2.33. The lowest BCUT2D eigenvalue weighted by atomic mass is 9.92. The topological polar surface area (TPSA) is 49.2 Å². The van der Waals surface area contributed by atoms with Crippen LogP contribution in [0.3, 0.4) is 0 Å². The number of aryl methyl sites for hydroxylation is 1. The molecule has 6 nitrogen and oxygen atoms in total. The first-order valence-corrected chi connectivity index (χ1v) is 10.6. The van der Waals surface area contributed by atoms with Crippen LogP contribution < -0.4 is 0 Å². The van der Waals surface area contributed by atoms with Crippen LogP contribution in [0, 0.1) is 12.8 Å². The summed E-state index contributed by atoms with van der Waals surface area (Å²) >= 11 is 0. The highest BCUT2D eigenvalue weighted by molar-refractivity contribution is 5.79.